The zero-order valence-corrected chi connectivity index (χ0v) is 24.8. The van der Waals surface area contributed by atoms with Gasteiger partial charge in [0.2, 0.25) is 0 Å². The van der Waals surface area contributed by atoms with Crippen LogP contribution in [0, 0.1) is 13.8 Å². The molecule has 0 saturated heterocycles. The molecule has 1 aliphatic heterocycles. The van der Waals surface area contributed by atoms with Gasteiger partial charge < -0.3 is 10.5 Å². The largest absolute Gasteiger partial charge is 0.462 e. The average Bonchev–Trinajstić information content (AvgIpc) is 2.97. The van der Waals surface area contributed by atoms with Gasteiger partial charge in [0.25, 0.3) is 5.56 Å². The Morgan fingerprint density at radius 2 is 1.57 bits per heavy atom. The van der Waals surface area contributed by atoms with Gasteiger partial charge in [0.15, 0.2) is 10.8 Å². The van der Waals surface area contributed by atoms with Gasteiger partial charge >= 0.3 is 5.97 Å². The summed E-state index contributed by atoms with van der Waals surface area (Å²) in [5.41, 5.74) is 12.9. The summed E-state index contributed by atoms with van der Waals surface area (Å²) in [7, 11) is 0. The minimum Gasteiger partial charge on any atom is -0.462 e. The van der Waals surface area contributed by atoms with Gasteiger partial charge in [-0.15, -0.1) is 0 Å². The predicted octanol–water partition coefficient (Wildman–Crippen LogP) is 6.93. The topological polar surface area (TPSA) is 100 Å². The van der Waals surface area contributed by atoms with Gasteiger partial charge in [-0.05, 0) is 50.1 Å². The van der Waals surface area contributed by atoms with E-state index in [1.807, 2.05) is 80.6 Å². The van der Waals surface area contributed by atoms with E-state index in [4.69, 9.17) is 32.0 Å². The maximum atomic E-state index is 14.3. The lowest BCUT2D eigenvalue weighted by atomic mass is 9.99. The number of halogens is 1. The first kappa shape index (κ1) is 27.8. The molecule has 6 rings (SSSR count). The van der Waals surface area contributed by atoms with E-state index in [0.29, 0.717) is 32.5 Å². The molecule has 0 fully saturated rings. The number of aryl methyl sites for hydroxylation is 2. The second-order valence-electron chi connectivity index (χ2n) is 10.1. The Balaban J connectivity index is 1.64. The minimum atomic E-state index is -0.591. The molecule has 1 aliphatic rings. The third-order valence-electron chi connectivity index (χ3n) is 7.19. The molecule has 1 unspecified atom stereocenters. The van der Waals surface area contributed by atoms with Crippen LogP contribution in [0.15, 0.2) is 94.4 Å². The van der Waals surface area contributed by atoms with Crippen molar-refractivity contribution < 1.29 is 9.53 Å². The third kappa shape index (κ3) is 4.97. The Morgan fingerprint density at radius 1 is 0.952 bits per heavy atom. The molecule has 9 heteroatoms. The number of carbonyl (C=O) groups excluding carboxylic acids is 1. The number of esters is 1. The summed E-state index contributed by atoms with van der Waals surface area (Å²) in [4.78, 5) is 37.3. The molecule has 0 radical (unpaired) electrons. The number of fused-ring (bicyclic) bond motifs is 2. The number of ether oxygens (including phenoxy) is 1. The van der Waals surface area contributed by atoms with Crippen LogP contribution in [0.2, 0.25) is 5.02 Å². The molecule has 0 saturated carbocycles. The third-order valence-corrected chi connectivity index (χ3v) is 8.67. The van der Waals surface area contributed by atoms with Crippen LogP contribution in [-0.2, 0) is 9.53 Å². The van der Waals surface area contributed by atoms with Gasteiger partial charge in [0, 0.05) is 16.1 Å². The maximum Gasteiger partial charge on any atom is 0.339 e. The normalized spacial score (nSPS) is 14.6. The maximum absolute atomic E-state index is 14.3. The second kappa shape index (κ2) is 11.1. The van der Waals surface area contributed by atoms with Crippen molar-refractivity contribution in [1.82, 2.24) is 14.5 Å². The Morgan fingerprint density at radius 3 is 2.19 bits per heavy atom. The van der Waals surface area contributed by atoms with Crippen LogP contribution in [0.4, 0.5) is 0 Å². The van der Waals surface area contributed by atoms with Gasteiger partial charge in [-0.3, -0.25) is 4.79 Å². The predicted molar refractivity (Wildman–Crippen MR) is 168 cm³/mol. The molecule has 0 bridgehead atoms. The molecule has 2 N–H and O–H groups in total. The minimum absolute atomic E-state index is 0.0148. The first-order chi connectivity index (χ1) is 20.2. The van der Waals surface area contributed by atoms with Gasteiger partial charge in [-0.1, -0.05) is 95.2 Å². The van der Waals surface area contributed by atoms with E-state index in [9.17, 15) is 9.59 Å². The first-order valence-electron chi connectivity index (χ1n) is 13.5. The van der Waals surface area contributed by atoms with E-state index >= 15 is 0 Å². The van der Waals surface area contributed by atoms with Gasteiger partial charge in [-0.25, -0.2) is 19.3 Å². The molecule has 210 valence electrons. The number of hydrogen-bond donors (Lipinski definition) is 1. The smallest absolute Gasteiger partial charge is 0.339 e. The summed E-state index contributed by atoms with van der Waals surface area (Å²) in [5.74, 6) is -0.606. The Bertz CT molecular complexity index is 1930. The Labute approximate surface area is 252 Å². The van der Waals surface area contributed by atoms with Crippen LogP contribution in [0.25, 0.3) is 39.2 Å². The van der Waals surface area contributed by atoms with Crippen LogP contribution in [0.3, 0.4) is 0 Å². The number of carbonyl (C=O) groups is 1. The molecule has 3 aromatic carbocycles. The highest BCUT2D eigenvalue weighted by Crippen LogP contribution is 2.46. The standard InChI is InChI=1S/C33H27ClN4O3S/c1-4-41-32(40)27-28(22-13-15-23(34)16-14-22)42-33-37-30-26(31(39)38(33)29(27)35)24(20-9-5-18(2)6-10-20)17-25(36-30)21-11-7-19(3)8-12-21/h5-17,28H,4,35H2,1-3H3. The van der Waals surface area contributed by atoms with Gasteiger partial charge in [-0.2, -0.15) is 0 Å². The molecule has 3 heterocycles. The van der Waals surface area contributed by atoms with Crippen LogP contribution < -0.4 is 11.3 Å². The summed E-state index contributed by atoms with van der Waals surface area (Å²) >= 11 is 7.39. The first-order valence-corrected chi connectivity index (χ1v) is 14.7. The number of nitrogens with two attached hydrogens (primary N) is 1. The number of aromatic nitrogens is 3. The zero-order chi connectivity index (χ0) is 29.5. The van der Waals surface area contributed by atoms with Crippen LogP contribution >= 0.6 is 23.4 Å². The number of hydrogen-bond acceptors (Lipinski definition) is 7. The molecular weight excluding hydrogens is 568 g/mol. The van der Waals surface area contributed by atoms with E-state index in [1.54, 1.807) is 19.1 Å². The van der Waals surface area contributed by atoms with Gasteiger partial charge in [0.1, 0.15) is 5.82 Å². The highest BCUT2D eigenvalue weighted by molar-refractivity contribution is 7.99. The highest BCUT2D eigenvalue weighted by atomic mass is 35.5. The van der Waals surface area contributed by atoms with Crippen molar-refractivity contribution in [2.24, 2.45) is 5.73 Å². The summed E-state index contributed by atoms with van der Waals surface area (Å²) in [6.45, 7) is 5.92. The van der Waals surface area contributed by atoms with E-state index < -0.39 is 16.8 Å². The second-order valence-corrected chi connectivity index (χ2v) is 11.6. The van der Waals surface area contributed by atoms with Crippen molar-refractivity contribution >= 4 is 46.2 Å². The molecule has 5 aromatic rings. The zero-order valence-electron chi connectivity index (χ0n) is 23.2. The lowest BCUT2D eigenvalue weighted by Crippen LogP contribution is -2.33. The van der Waals surface area contributed by atoms with Crippen molar-refractivity contribution in [2.45, 2.75) is 31.2 Å². The summed E-state index contributed by atoms with van der Waals surface area (Å²) in [6, 6.07) is 25.0. The number of thioether (sulfide) groups is 1. The molecular formula is C33H27ClN4O3S. The number of nitrogens with zero attached hydrogens (tertiary/aromatic N) is 3. The monoisotopic (exact) mass is 594 g/mol. The molecule has 0 amide bonds. The lowest BCUT2D eigenvalue weighted by Gasteiger charge is -2.28. The number of rotatable bonds is 5. The fourth-order valence-electron chi connectivity index (χ4n) is 5.00. The van der Waals surface area contributed by atoms with Crippen molar-refractivity contribution in [2.75, 3.05) is 6.61 Å². The Kier molecular flexibility index (Phi) is 7.35. The van der Waals surface area contributed by atoms with Crippen LogP contribution in [-0.4, -0.2) is 27.1 Å². The molecule has 2 aromatic heterocycles. The SMILES string of the molecule is CCOC(=O)C1=C(N)n2c(nc3nc(-c4ccc(C)cc4)cc(-c4ccc(C)cc4)c3c2=O)SC1c1ccc(Cl)cc1. The number of pyridine rings is 1. The van der Waals surface area contributed by atoms with Crippen molar-refractivity contribution in [3.8, 4) is 22.4 Å². The summed E-state index contributed by atoms with van der Waals surface area (Å²) in [5, 5.41) is 0.644. The molecule has 1 atom stereocenters. The lowest BCUT2D eigenvalue weighted by molar-refractivity contribution is -0.138. The Hall–Kier alpha value is -4.40. The van der Waals surface area contributed by atoms with Crippen molar-refractivity contribution in [3.63, 3.8) is 0 Å². The molecule has 42 heavy (non-hydrogen) atoms. The fraction of sp³-hybridized carbons (Fsp3) is 0.152. The van der Waals surface area contributed by atoms with Crippen molar-refractivity contribution in [1.29, 1.82) is 0 Å². The number of benzene rings is 3. The molecule has 0 spiro atoms. The van der Waals surface area contributed by atoms with Gasteiger partial charge in [0.05, 0.1) is 28.5 Å². The summed E-state index contributed by atoms with van der Waals surface area (Å²) in [6.07, 6.45) is 0. The van der Waals surface area contributed by atoms with E-state index in [2.05, 4.69) is 0 Å². The fourth-order valence-corrected chi connectivity index (χ4v) is 6.39. The van der Waals surface area contributed by atoms with Crippen molar-refractivity contribution in [3.05, 3.63) is 117 Å². The quantitative estimate of drug-likeness (QED) is 0.174. The molecule has 0 aliphatic carbocycles. The van der Waals surface area contributed by atoms with Crippen LogP contribution in [0.5, 0.6) is 0 Å². The van der Waals surface area contributed by atoms with Crippen LogP contribution in [0.1, 0.15) is 28.9 Å². The average molecular weight is 595 g/mol. The molecule has 7 nitrogen and oxygen atoms in total. The van der Waals surface area contributed by atoms with E-state index in [-0.39, 0.29) is 18.0 Å². The van der Waals surface area contributed by atoms with E-state index in [0.717, 1.165) is 27.8 Å². The highest BCUT2D eigenvalue weighted by Gasteiger charge is 2.36. The van der Waals surface area contributed by atoms with E-state index in [1.165, 1.54) is 16.3 Å². The summed E-state index contributed by atoms with van der Waals surface area (Å²) < 4.78 is 6.68.